The Balaban J connectivity index is 2.31. The lowest BCUT2D eigenvalue weighted by atomic mass is 10.2. The van der Waals surface area contributed by atoms with E-state index in [-0.39, 0.29) is 17.2 Å². The van der Waals surface area contributed by atoms with E-state index in [9.17, 15) is 9.90 Å². The highest BCUT2D eigenvalue weighted by Crippen LogP contribution is 2.27. The molecule has 2 rings (SSSR count). The zero-order valence-electron chi connectivity index (χ0n) is 8.37. The van der Waals surface area contributed by atoms with Crippen molar-refractivity contribution in [2.24, 2.45) is 0 Å². The number of benzene rings is 1. The van der Waals surface area contributed by atoms with Crippen molar-refractivity contribution in [1.82, 2.24) is 10.2 Å². The molecule has 1 heterocycles. The number of H-pyrrole nitrogens is 1. The summed E-state index contributed by atoms with van der Waals surface area (Å²) in [4.78, 5) is 11.9. The van der Waals surface area contributed by atoms with E-state index in [1.54, 1.807) is 18.3 Å². The van der Waals surface area contributed by atoms with Crippen LogP contribution in [-0.2, 0) is 0 Å². The van der Waals surface area contributed by atoms with E-state index in [1.165, 1.54) is 6.20 Å². The number of carbonyl (C=O) groups excluding carboxylic acids is 1. The predicted octanol–water partition coefficient (Wildman–Crippen LogP) is 2.58. The van der Waals surface area contributed by atoms with Crippen LogP contribution in [0.2, 0.25) is 0 Å². The molecule has 3 N–H and O–H groups in total. The number of halogens is 2. The molecule has 0 bridgehead atoms. The number of amides is 1. The molecule has 7 heteroatoms. The number of hydrogen-bond acceptors (Lipinski definition) is 3. The summed E-state index contributed by atoms with van der Waals surface area (Å²) in [6.45, 7) is 0. The van der Waals surface area contributed by atoms with Crippen LogP contribution in [0.1, 0.15) is 10.4 Å². The van der Waals surface area contributed by atoms with Gasteiger partial charge in [0.1, 0.15) is 5.75 Å². The molecule has 2 aromatic rings. The van der Waals surface area contributed by atoms with Crippen LogP contribution in [0, 0.1) is 7.14 Å². The minimum absolute atomic E-state index is 0.00740. The number of phenols is 1. The lowest BCUT2D eigenvalue weighted by Crippen LogP contribution is -2.12. The van der Waals surface area contributed by atoms with Crippen molar-refractivity contribution >= 4 is 56.8 Å². The van der Waals surface area contributed by atoms with Crippen molar-refractivity contribution in [2.75, 3.05) is 5.32 Å². The number of carbonyl (C=O) groups is 1. The molecule has 1 aromatic heterocycles. The number of anilines is 1. The van der Waals surface area contributed by atoms with Crippen molar-refractivity contribution in [3.05, 3.63) is 37.2 Å². The van der Waals surface area contributed by atoms with E-state index in [0.717, 1.165) is 3.57 Å². The van der Waals surface area contributed by atoms with Gasteiger partial charge in [0.05, 0.1) is 21.0 Å². The Morgan fingerprint density at radius 3 is 2.82 bits per heavy atom. The molecule has 0 aliphatic rings. The van der Waals surface area contributed by atoms with E-state index < -0.39 is 0 Å². The van der Waals surface area contributed by atoms with Crippen molar-refractivity contribution in [3.8, 4) is 5.75 Å². The Kier molecular flexibility index (Phi) is 3.86. The third kappa shape index (κ3) is 2.89. The fourth-order valence-electron chi connectivity index (χ4n) is 1.26. The summed E-state index contributed by atoms with van der Waals surface area (Å²) in [7, 11) is 0. The van der Waals surface area contributed by atoms with E-state index >= 15 is 0 Å². The first-order valence-electron chi connectivity index (χ1n) is 4.56. The smallest absolute Gasteiger partial charge is 0.259 e. The number of aromatic hydroxyl groups is 1. The van der Waals surface area contributed by atoms with Crippen LogP contribution in [0.3, 0.4) is 0 Å². The van der Waals surface area contributed by atoms with Crippen LogP contribution in [0.5, 0.6) is 5.75 Å². The zero-order chi connectivity index (χ0) is 12.4. The Morgan fingerprint density at radius 2 is 2.18 bits per heavy atom. The molecule has 0 atom stereocenters. The van der Waals surface area contributed by atoms with Gasteiger partial charge in [-0.15, -0.1) is 0 Å². The highest BCUT2D eigenvalue weighted by molar-refractivity contribution is 14.1. The van der Waals surface area contributed by atoms with Crippen LogP contribution in [0.25, 0.3) is 0 Å². The first kappa shape index (κ1) is 12.6. The van der Waals surface area contributed by atoms with Crippen LogP contribution in [0.15, 0.2) is 24.5 Å². The van der Waals surface area contributed by atoms with Crippen molar-refractivity contribution in [1.29, 1.82) is 0 Å². The van der Waals surface area contributed by atoms with Crippen molar-refractivity contribution < 1.29 is 9.90 Å². The topological polar surface area (TPSA) is 78.0 Å². The predicted molar refractivity (Wildman–Crippen MR) is 80.1 cm³/mol. The van der Waals surface area contributed by atoms with Gasteiger partial charge in [-0.25, -0.2) is 0 Å². The normalized spacial score (nSPS) is 10.2. The second kappa shape index (κ2) is 5.21. The van der Waals surface area contributed by atoms with Gasteiger partial charge in [-0.3, -0.25) is 9.89 Å². The number of nitrogens with zero attached hydrogens (tertiary/aromatic N) is 1. The minimum Gasteiger partial charge on any atom is -0.506 e. The molecular weight excluding hydrogens is 448 g/mol. The molecule has 88 valence electrons. The van der Waals surface area contributed by atoms with Crippen LogP contribution in [-0.4, -0.2) is 21.2 Å². The Hall–Kier alpha value is -0.840. The number of hydrogen-bond donors (Lipinski definition) is 3. The molecule has 5 nitrogen and oxygen atoms in total. The van der Waals surface area contributed by atoms with Gasteiger partial charge in [0, 0.05) is 9.77 Å². The maximum atomic E-state index is 11.9. The Morgan fingerprint density at radius 1 is 1.41 bits per heavy atom. The molecule has 17 heavy (non-hydrogen) atoms. The lowest BCUT2D eigenvalue weighted by Gasteiger charge is -2.07. The quantitative estimate of drug-likeness (QED) is 0.610. The van der Waals surface area contributed by atoms with E-state index in [0.29, 0.717) is 9.26 Å². The zero-order valence-corrected chi connectivity index (χ0v) is 12.7. The SMILES string of the molecule is O=C(Nc1cn[nH]c1)c1cc(I)cc(I)c1O. The number of phenolic OH excluding ortho intramolecular Hbond substituents is 1. The fourth-order valence-corrected chi connectivity index (χ4v) is 3.10. The molecular formula is C10H7I2N3O2. The summed E-state index contributed by atoms with van der Waals surface area (Å²) in [6.07, 6.45) is 3.06. The summed E-state index contributed by atoms with van der Waals surface area (Å²) in [6, 6.07) is 3.43. The van der Waals surface area contributed by atoms with Crippen LogP contribution >= 0.6 is 45.2 Å². The first-order chi connectivity index (χ1) is 8.08. The van der Waals surface area contributed by atoms with E-state index in [4.69, 9.17) is 0 Å². The van der Waals surface area contributed by atoms with Gasteiger partial charge in [-0.1, -0.05) is 0 Å². The second-order valence-corrected chi connectivity index (χ2v) is 5.63. The highest BCUT2D eigenvalue weighted by Gasteiger charge is 2.15. The molecule has 0 spiro atoms. The largest absolute Gasteiger partial charge is 0.506 e. The van der Waals surface area contributed by atoms with Crippen molar-refractivity contribution in [3.63, 3.8) is 0 Å². The monoisotopic (exact) mass is 455 g/mol. The molecule has 0 radical (unpaired) electrons. The third-order valence-corrected chi connectivity index (χ3v) is 3.47. The summed E-state index contributed by atoms with van der Waals surface area (Å²) in [5.74, 6) is -0.368. The molecule has 0 fully saturated rings. The summed E-state index contributed by atoms with van der Waals surface area (Å²) in [5, 5.41) is 18.8. The van der Waals surface area contributed by atoms with Crippen LogP contribution < -0.4 is 5.32 Å². The van der Waals surface area contributed by atoms with Gasteiger partial charge in [0.15, 0.2) is 0 Å². The second-order valence-electron chi connectivity index (χ2n) is 3.22. The maximum absolute atomic E-state index is 11.9. The molecule has 1 aromatic carbocycles. The van der Waals surface area contributed by atoms with E-state index in [2.05, 4.69) is 38.1 Å². The van der Waals surface area contributed by atoms with Gasteiger partial charge in [0.2, 0.25) is 0 Å². The van der Waals surface area contributed by atoms with Crippen LogP contribution in [0.4, 0.5) is 5.69 Å². The molecule has 0 aliphatic heterocycles. The third-order valence-electron chi connectivity index (χ3n) is 2.03. The highest BCUT2D eigenvalue weighted by atomic mass is 127. The molecule has 0 aliphatic carbocycles. The number of aromatic nitrogens is 2. The molecule has 0 saturated heterocycles. The minimum atomic E-state index is -0.361. The van der Waals surface area contributed by atoms with Gasteiger partial charge < -0.3 is 10.4 Å². The standard InChI is InChI=1S/C10H7I2N3O2/c11-5-1-7(9(16)8(12)2-5)10(17)15-6-3-13-14-4-6/h1-4,16H,(H,13,14)(H,15,17). The van der Waals surface area contributed by atoms with Gasteiger partial charge in [-0.2, -0.15) is 5.10 Å². The van der Waals surface area contributed by atoms with E-state index in [1.807, 2.05) is 22.6 Å². The fraction of sp³-hybridized carbons (Fsp3) is 0. The van der Waals surface area contributed by atoms with Gasteiger partial charge >= 0.3 is 0 Å². The lowest BCUT2D eigenvalue weighted by molar-refractivity contribution is 0.102. The number of rotatable bonds is 2. The molecule has 0 unspecified atom stereocenters. The first-order valence-corrected chi connectivity index (χ1v) is 6.72. The summed E-state index contributed by atoms with van der Waals surface area (Å²) < 4.78 is 1.54. The number of nitrogens with one attached hydrogen (secondary N) is 2. The molecule has 0 saturated carbocycles. The van der Waals surface area contributed by atoms with Gasteiger partial charge in [0.25, 0.3) is 5.91 Å². The Labute approximate surface area is 124 Å². The summed E-state index contributed by atoms with van der Waals surface area (Å²) in [5.41, 5.74) is 0.811. The Bertz CT molecular complexity index is 555. The van der Waals surface area contributed by atoms with Crippen molar-refractivity contribution in [2.45, 2.75) is 0 Å². The number of aromatic amines is 1. The average molecular weight is 455 g/mol. The van der Waals surface area contributed by atoms with Gasteiger partial charge in [-0.05, 0) is 57.3 Å². The molecule has 1 amide bonds. The summed E-state index contributed by atoms with van der Waals surface area (Å²) >= 11 is 4.08. The average Bonchev–Trinajstić information content (AvgIpc) is 2.76. The maximum Gasteiger partial charge on any atom is 0.259 e.